The van der Waals surface area contributed by atoms with E-state index < -0.39 is 12.6 Å². The first kappa shape index (κ1) is 17.1. The fourth-order valence-electron chi connectivity index (χ4n) is 2.73. The summed E-state index contributed by atoms with van der Waals surface area (Å²) in [5.74, 6) is 1.15. The van der Waals surface area contributed by atoms with Crippen LogP contribution in [0.4, 0.5) is 19.0 Å². The molecule has 0 radical (unpaired) electrons. The molecule has 0 amide bonds. The van der Waals surface area contributed by atoms with Crippen molar-refractivity contribution >= 4 is 24.5 Å². The van der Waals surface area contributed by atoms with Crippen molar-refractivity contribution in [3.8, 4) is 0 Å². The Morgan fingerprint density at radius 3 is 2.68 bits per heavy atom. The van der Waals surface area contributed by atoms with E-state index in [0.717, 1.165) is 6.54 Å². The maximum Gasteiger partial charge on any atom is 0.392 e. The van der Waals surface area contributed by atoms with Gasteiger partial charge >= 0.3 is 6.18 Å². The summed E-state index contributed by atoms with van der Waals surface area (Å²) >= 11 is 4.24. The van der Waals surface area contributed by atoms with Gasteiger partial charge in [-0.05, 0) is 31.8 Å². The number of thiol groups is 1. The second kappa shape index (κ2) is 7.35. The zero-order valence-electron chi connectivity index (χ0n) is 12.5. The van der Waals surface area contributed by atoms with Crippen LogP contribution < -0.4 is 5.32 Å². The fourth-order valence-corrected chi connectivity index (χ4v) is 2.95. The molecule has 0 unspecified atom stereocenters. The molecule has 1 N–H and O–H groups in total. The Labute approximate surface area is 133 Å². The van der Waals surface area contributed by atoms with Crippen molar-refractivity contribution in [1.82, 2.24) is 9.97 Å². The molecule has 3 nitrogen and oxygen atoms in total. The zero-order valence-corrected chi connectivity index (χ0v) is 13.3. The van der Waals surface area contributed by atoms with Crippen LogP contribution in [0.15, 0.2) is 16.9 Å². The average molecular weight is 331 g/mol. The topological polar surface area (TPSA) is 37.8 Å². The quantitative estimate of drug-likeness (QED) is 0.605. The highest BCUT2D eigenvalue weighted by atomic mass is 32.1. The predicted molar refractivity (Wildman–Crippen MR) is 84.1 cm³/mol. The minimum Gasteiger partial charge on any atom is -0.369 e. The third-order valence-electron chi connectivity index (χ3n) is 3.77. The Kier molecular flexibility index (Phi) is 5.72. The second-order valence-corrected chi connectivity index (χ2v) is 6.20. The minimum absolute atomic E-state index is 0.210. The monoisotopic (exact) mass is 331 g/mol. The van der Waals surface area contributed by atoms with E-state index in [-0.39, 0.29) is 5.57 Å². The van der Waals surface area contributed by atoms with Crippen LogP contribution >= 0.6 is 12.6 Å². The number of halogens is 3. The zero-order chi connectivity index (χ0) is 16.2. The summed E-state index contributed by atoms with van der Waals surface area (Å²) in [6.07, 6.45) is 2.52. The van der Waals surface area contributed by atoms with Crippen LogP contribution in [0.2, 0.25) is 0 Å². The maximum atomic E-state index is 12.5. The van der Waals surface area contributed by atoms with E-state index in [0.29, 0.717) is 22.3 Å². The molecule has 1 fully saturated rings. The lowest BCUT2D eigenvalue weighted by Crippen LogP contribution is -2.13. The molecule has 122 valence electrons. The van der Waals surface area contributed by atoms with Gasteiger partial charge in [-0.15, -0.1) is 12.6 Å². The van der Waals surface area contributed by atoms with E-state index >= 15 is 0 Å². The van der Waals surface area contributed by atoms with E-state index in [2.05, 4.69) is 27.9 Å². The Morgan fingerprint density at radius 2 is 2.05 bits per heavy atom. The van der Waals surface area contributed by atoms with Gasteiger partial charge in [0.2, 0.25) is 0 Å². The summed E-state index contributed by atoms with van der Waals surface area (Å²) in [7, 11) is 0. The second-order valence-electron chi connectivity index (χ2n) is 5.77. The third kappa shape index (κ3) is 5.19. The van der Waals surface area contributed by atoms with Gasteiger partial charge in [-0.1, -0.05) is 18.4 Å². The summed E-state index contributed by atoms with van der Waals surface area (Å²) < 4.78 is 37.4. The SMILES string of the molecule is C/C(=C\c1c(S)ncnc1NCC1CCCC1)CC(F)(F)F. The van der Waals surface area contributed by atoms with Crippen molar-refractivity contribution in [3.63, 3.8) is 0 Å². The van der Waals surface area contributed by atoms with Crippen LogP contribution in [0.5, 0.6) is 0 Å². The number of hydrogen-bond donors (Lipinski definition) is 2. The van der Waals surface area contributed by atoms with Gasteiger partial charge in [-0.25, -0.2) is 9.97 Å². The molecule has 0 saturated heterocycles. The molecular formula is C15H20F3N3S. The Hall–Kier alpha value is -1.24. The normalized spacial score (nSPS) is 17.0. The molecule has 7 heteroatoms. The van der Waals surface area contributed by atoms with Crippen LogP contribution in [0.25, 0.3) is 6.08 Å². The summed E-state index contributed by atoms with van der Waals surface area (Å²) in [5.41, 5.74) is 0.729. The van der Waals surface area contributed by atoms with Crippen molar-refractivity contribution in [2.45, 2.75) is 50.2 Å². The third-order valence-corrected chi connectivity index (χ3v) is 4.12. The van der Waals surface area contributed by atoms with Crippen molar-refractivity contribution in [2.75, 3.05) is 11.9 Å². The lowest BCUT2D eigenvalue weighted by atomic mass is 10.1. The van der Waals surface area contributed by atoms with E-state index in [1.807, 2.05) is 0 Å². The molecule has 2 rings (SSSR count). The first-order valence-corrected chi connectivity index (χ1v) is 7.81. The van der Waals surface area contributed by atoms with Gasteiger partial charge < -0.3 is 5.32 Å². The van der Waals surface area contributed by atoms with Gasteiger partial charge in [-0.2, -0.15) is 13.2 Å². The van der Waals surface area contributed by atoms with Gasteiger partial charge in [0, 0.05) is 12.1 Å². The standard InChI is InChI=1S/C15H20F3N3S/c1-10(7-15(16,17)18)6-12-13(20-9-21-14(12)22)19-8-11-4-2-3-5-11/h6,9,11H,2-5,7-8H2,1H3,(H2,19,20,21,22)/b10-6+. The highest BCUT2D eigenvalue weighted by molar-refractivity contribution is 7.80. The molecule has 0 bridgehead atoms. The summed E-state index contributed by atoms with van der Waals surface area (Å²) in [6.45, 7) is 2.23. The number of anilines is 1. The number of hydrogen-bond acceptors (Lipinski definition) is 4. The highest BCUT2D eigenvalue weighted by Crippen LogP contribution is 2.29. The lowest BCUT2D eigenvalue weighted by molar-refractivity contribution is -0.126. The minimum atomic E-state index is -4.22. The average Bonchev–Trinajstić information content (AvgIpc) is 2.90. The van der Waals surface area contributed by atoms with Crippen LogP contribution in [0.3, 0.4) is 0 Å². The first-order chi connectivity index (χ1) is 10.3. The van der Waals surface area contributed by atoms with Gasteiger partial charge in [0.05, 0.1) is 6.42 Å². The first-order valence-electron chi connectivity index (χ1n) is 7.37. The van der Waals surface area contributed by atoms with Crippen molar-refractivity contribution in [1.29, 1.82) is 0 Å². The van der Waals surface area contributed by atoms with Crippen molar-refractivity contribution in [2.24, 2.45) is 5.92 Å². The van der Waals surface area contributed by atoms with Gasteiger partial charge in [-0.3, -0.25) is 0 Å². The van der Waals surface area contributed by atoms with Crippen LogP contribution in [0.1, 0.15) is 44.6 Å². The molecule has 0 atom stereocenters. The van der Waals surface area contributed by atoms with E-state index in [9.17, 15) is 13.2 Å². The van der Waals surface area contributed by atoms with Crippen molar-refractivity contribution < 1.29 is 13.2 Å². The molecule has 22 heavy (non-hydrogen) atoms. The Bertz CT molecular complexity index is 537. The van der Waals surface area contributed by atoms with Gasteiger partial charge in [0.25, 0.3) is 0 Å². The number of allylic oxidation sites excluding steroid dienone is 1. The number of rotatable bonds is 5. The molecule has 1 saturated carbocycles. The molecule has 1 aliphatic carbocycles. The fraction of sp³-hybridized carbons (Fsp3) is 0.600. The van der Waals surface area contributed by atoms with Crippen molar-refractivity contribution in [3.05, 3.63) is 17.5 Å². The van der Waals surface area contributed by atoms with E-state index in [1.165, 1.54) is 45.0 Å². The molecule has 1 aromatic heterocycles. The highest BCUT2D eigenvalue weighted by Gasteiger charge is 2.27. The molecular weight excluding hydrogens is 311 g/mol. The summed E-state index contributed by atoms with van der Waals surface area (Å²) in [5, 5.41) is 3.62. The molecule has 1 aromatic rings. The molecule has 0 spiro atoms. The summed E-state index contributed by atoms with van der Waals surface area (Å²) in [4.78, 5) is 8.11. The molecule has 0 aliphatic heterocycles. The van der Waals surface area contributed by atoms with Gasteiger partial charge in [0.15, 0.2) is 0 Å². The number of nitrogens with one attached hydrogen (secondary N) is 1. The summed E-state index contributed by atoms with van der Waals surface area (Å²) in [6, 6.07) is 0. The predicted octanol–water partition coefficient (Wildman–Crippen LogP) is 4.72. The van der Waals surface area contributed by atoms with E-state index in [4.69, 9.17) is 0 Å². The molecule has 1 aliphatic rings. The number of nitrogens with zero attached hydrogens (tertiary/aromatic N) is 2. The number of alkyl halides is 3. The number of aromatic nitrogens is 2. The van der Waals surface area contributed by atoms with Crippen LogP contribution in [0, 0.1) is 5.92 Å². The van der Waals surface area contributed by atoms with Crippen LogP contribution in [-0.4, -0.2) is 22.7 Å². The van der Waals surface area contributed by atoms with E-state index in [1.54, 1.807) is 0 Å². The lowest BCUT2D eigenvalue weighted by Gasteiger charge is -2.14. The van der Waals surface area contributed by atoms with Crippen LogP contribution in [-0.2, 0) is 0 Å². The maximum absolute atomic E-state index is 12.5. The smallest absolute Gasteiger partial charge is 0.369 e. The molecule has 1 heterocycles. The van der Waals surface area contributed by atoms with Gasteiger partial charge in [0.1, 0.15) is 17.2 Å². The Balaban J connectivity index is 2.13. The Morgan fingerprint density at radius 1 is 1.36 bits per heavy atom. The molecule has 0 aromatic carbocycles. The largest absolute Gasteiger partial charge is 0.392 e.